The third-order valence-electron chi connectivity index (χ3n) is 3.55. The summed E-state index contributed by atoms with van der Waals surface area (Å²) in [7, 11) is 0. The Morgan fingerprint density at radius 3 is 2.47 bits per heavy atom. The van der Waals surface area contributed by atoms with E-state index in [0.29, 0.717) is 17.9 Å². The van der Waals surface area contributed by atoms with Crippen molar-refractivity contribution >= 4 is 11.9 Å². The Bertz CT molecular complexity index is 304. The monoisotopic (exact) mass is 237 g/mol. The topological polar surface area (TPSA) is 53.5 Å². The Kier molecular flexibility index (Phi) is 4.02. The zero-order valence-corrected chi connectivity index (χ0v) is 10.8. The van der Waals surface area contributed by atoms with Gasteiger partial charge in [-0.2, -0.15) is 0 Å². The summed E-state index contributed by atoms with van der Waals surface area (Å²) in [4.78, 5) is 16.4. The molecule has 1 saturated carbocycles. The average molecular weight is 237 g/mol. The van der Waals surface area contributed by atoms with Crippen molar-refractivity contribution in [1.29, 1.82) is 0 Å². The number of nitrogens with one attached hydrogen (secondary N) is 2. The van der Waals surface area contributed by atoms with E-state index < -0.39 is 0 Å². The van der Waals surface area contributed by atoms with Gasteiger partial charge in [0, 0.05) is 6.04 Å². The van der Waals surface area contributed by atoms with Crippen molar-refractivity contribution in [2.75, 3.05) is 0 Å². The number of amides is 1. The van der Waals surface area contributed by atoms with Gasteiger partial charge in [0.05, 0.1) is 0 Å². The van der Waals surface area contributed by atoms with Crippen LogP contribution >= 0.6 is 0 Å². The van der Waals surface area contributed by atoms with E-state index >= 15 is 0 Å². The molecule has 2 N–H and O–H groups in total. The number of aliphatic imine (C=N–C) groups is 1. The van der Waals surface area contributed by atoms with Crippen LogP contribution in [0.4, 0.5) is 0 Å². The van der Waals surface area contributed by atoms with Crippen molar-refractivity contribution in [3.05, 3.63) is 0 Å². The molecule has 0 bridgehead atoms. The molecule has 17 heavy (non-hydrogen) atoms. The molecule has 0 spiro atoms. The summed E-state index contributed by atoms with van der Waals surface area (Å²) >= 11 is 0. The van der Waals surface area contributed by atoms with E-state index in [1.165, 1.54) is 25.7 Å². The Morgan fingerprint density at radius 1 is 1.24 bits per heavy atom. The summed E-state index contributed by atoms with van der Waals surface area (Å²) in [5.41, 5.74) is 0. The molecule has 1 amide bonds. The first-order valence-electron chi connectivity index (χ1n) is 6.82. The van der Waals surface area contributed by atoms with E-state index in [1.807, 2.05) is 13.8 Å². The number of carbonyl (C=O) groups excluding carboxylic acids is 1. The van der Waals surface area contributed by atoms with Crippen LogP contribution in [-0.4, -0.2) is 24.0 Å². The lowest BCUT2D eigenvalue weighted by atomic mass is 9.92. The summed E-state index contributed by atoms with van der Waals surface area (Å²) in [5, 5.41) is 6.03. The maximum Gasteiger partial charge on any atom is 0.251 e. The minimum absolute atomic E-state index is 0.0834. The van der Waals surface area contributed by atoms with Crippen LogP contribution in [0.5, 0.6) is 0 Å². The molecule has 0 aromatic carbocycles. The molecule has 1 heterocycles. The number of hydrogen-bond donors (Lipinski definition) is 2. The van der Waals surface area contributed by atoms with Crippen LogP contribution in [0.25, 0.3) is 0 Å². The molecule has 2 rings (SSSR count). The van der Waals surface area contributed by atoms with E-state index in [2.05, 4.69) is 15.6 Å². The second-order valence-corrected chi connectivity index (χ2v) is 5.46. The molecule has 0 aromatic heterocycles. The molecule has 0 radical (unpaired) electrons. The molecular formula is C13H23N3O. The maximum atomic E-state index is 11.9. The highest BCUT2D eigenvalue weighted by Gasteiger charge is 2.33. The highest BCUT2D eigenvalue weighted by atomic mass is 16.2. The second-order valence-electron chi connectivity index (χ2n) is 5.46. The van der Waals surface area contributed by atoms with Crippen LogP contribution in [0.3, 0.4) is 0 Å². The van der Waals surface area contributed by atoms with E-state index in [9.17, 15) is 4.79 Å². The zero-order valence-electron chi connectivity index (χ0n) is 10.8. The Hall–Kier alpha value is -1.06. The molecule has 1 aliphatic heterocycles. The van der Waals surface area contributed by atoms with Crippen molar-refractivity contribution in [2.24, 2.45) is 10.9 Å². The molecule has 1 fully saturated rings. The first kappa shape index (κ1) is 12.4. The van der Waals surface area contributed by atoms with Gasteiger partial charge in [-0.15, -0.1) is 0 Å². The Morgan fingerprint density at radius 2 is 1.88 bits per heavy atom. The number of hydrogen-bond acceptors (Lipinski definition) is 3. The maximum absolute atomic E-state index is 11.9. The second kappa shape index (κ2) is 5.52. The lowest BCUT2D eigenvalue weighted by Crippen LogP contribution is -2.41. The van der Waals surface area contributed by atoms with Crippen LogP contribution in [-0.2, 0) is 4.79 Å². The lowest BCUT2D eigenvalue weighted by Gasteiger charge is -2.16. The SMILES string of the molecule is CC(C)NC1=NC(C2CCCCCC2)C(=O)N1. The molecule has 1 aliphatic carbocycles. The first-order valence-corrected chi connectivity index (χ1v) is 6.82. The summed E-state index contributed by atoms with van der Waals surface area (Å²) < 4.78 is 0. The van der Waals surface area contributed by atoms with Crippen molar-refractivity contribution in [3.63, 3.8) is 0 Å². The third kappa shape index (κ3) is 3.20. The van der Waals surface area contributed by atoms with Gasteiger partial charge >= 0.3 is 0 Å². The van der Waals surface area contributed by atoms with E-state index in [0.717, 1.165) is 12.8 Å². The van der Waals surface area contributed by atoms with Crippen LogP contribution in [0, 0.1) is 5.92 Å². The smallest absolute Gasteiger partial charge is 0.251 e. The molecule has 2 aliphatic rings. The van der Waals surface area contributed by atoms with Gasteiger partial charge in [0.15, 0.2) is 5.96 Å². The fourth-order valence-electron chi connectivity index (χ4n) is 2.71. The summed E-state index contributed by atoms with van der Waals surface area (Å²) in [6.07, 6.45) is 7.41. The van der Waals surface area contributed by atoms with Gasteiger partial charge in [-0.1, -0.05) is 25.7 Å². The highest BCUT2D eigenvalue weighted by molar-refractivity contribution is 6.05. The van der Waals surface area contributed by atoms with Gasteiger partial charge < -0.3 is 5.32 Å². The molecule has 4 heteroatoms. The molecule has 1 atom stereocenters. The zero-order chi connectivity index (χ0) is 12.3. The summed E-state index contributed by atoms with van der Waals surface area (Å²) in [6, 6.07) is 0.163. The fraction of sp³-hybridized carbons (Fsp3) is 0.846. The normalized spacial score (nSPS) is 26.6. The van der Waals surface area contributed by atoms with Crippen molar-refractivity contribution in [1.82, 2.24) is 10.6 Å². The highest BCUT2D eigenvalue weighted by Crippen LogP contribution is 2.28. The summed E-state index contributed by atoms with van der Waals surface area (Å²) in [5.74, 6) is 1.20. The molecular weight excluding hydrogens is 214 g/mol. The molecule has 0 aromatic rings. The van der Waals surface area contributed by atoms with Crippen molar-refractivity contribution < 1.29 is 4.79 Å². The van der Waals surface area contributed by atoms with Gasteiger partial charge in [0.1, 0.15) is 6.04 Å². The van der Waals surface area contributed by atoms with Gasteiger partial charge in [-0.3, -0.25) is 10.1 Å². The van der Waals surface area contributed by atoms with Crippen molar-refractivity contribution in [3.8, 4) is 0 Å². The van der Waals surface area contributed by atoms with Gasteiger partial charge in [0.2, 0.25) is 0 Å². The van der Waals surface area contributed by atoms with Crippen LogP contribution < -0.4 is 10.6 Å². The fourth-order valence-corrected chi connectivity index (χ4v) is 2.71. The average Bonchev–Trinajstić information content (AvgIpc) is 2.52. The minimum atomic E-state index is -0.144. The Labute approximate surface area is 103 Å². The van der Waals surface area contributed by atoms with Crippen LogP contribution in [0.2, 0.25) is 0 Å². The van der Waals surface area contributed by atoms with Crippen LogP contribution in [0.15, 0.2) is 4.99 Å². The standard InChI is InChI=1S/C13H23N3O/c1-9(2)14-13-15-11(12(17)16-13)10-7-5-3-4-6-8-10/h9-11H,3-8H2,1-2H3,(H2,14,15,16,17). The van der Waals surface area contributed by atoms with Gasteiger partial charge in [-0.25, -0.2) is 4.99 Å². The first-order chi connectivity index (χ1) is 8.16. The Balaban J connectivity index is 1.99. The van der Waals surface area contributed by atoms with E-state index in [4.69, 9.17) is 0 Å². The quantitative estimate of drug-likeness (QED) is 0.720. The van der Waals surface area contributed by atoms with E-state index in [1.54, 1.807) is 0 Å². The summed E-state index contributed by atoms with van der Waals surface area (Å²) in [6.45, 7) is 4.10. The lowest BCUT2D eigenvalue weighted by molar-refractivity contribution is -0.121. The third-order valence-corrected chi connectivity index (χ3v) is 3.55. The number of nitrogens with zero attached hydrogens (tertiary/aromatic N) is 1. The number of guanidine groups is 1. The largest absolute Gasteiger partial charge is 0.354 e. The van der Waals surface area contributed by atoms with Crippen LogP contribution in [0.1, 0.15) is 52.4 Å². The molecule has 96 valence electrons. The van der Waals surface area contributed by atoms with E-state index in [-0.39, 0.29) is 11.9 Å². The number of carbonyl (C=O) groups is 1. The minimum Gasteiger partial charge on any atom is -0.354 e. The molecule has 0 saturated heterocycles. The van der Waals surface area contributed by atoms with Crippen molar-refractivity contribution in [2.45, 2.75) is 64.5 Å². The van der Waals surface area contributed by atoms with Gasteiger partial charge in [-0.05, 0) is 32.6 Å². The predicted octanol–water partition coefficient (Wildman–Crippen LogP) is 1.81. The van der Waals surface area contributed by atoms with Gasteiger partial charge in [0.25, 0.3) is 5.91 Å². The number of rotatable bonds is 2. The molecule has 4 nitrogen and oxygen atoms in total. The molecule has 1 unspecified atom stereocenters. The predicted molar refractivity (Wildman–Crippen MR) is 68.8 cm³/mol.